The van der Waals surface area contributed by atoms with Gasteiger partial charge in [-0.05, 0) is 24.3 Å². The lowest BCUT2D eigenvalue weighted by atomic mass is 10.1. The van der Waals surface area contributed by atoms with Crippen molar-refractivity contribution >= 4 is 33.5 Å². The number of sulfonamides is 1. The molecule has 1 heterocycles. The van der Waals surface area contributed by atoms with E-state index < -0.39 is 10.0 Å². The first kappa shape index (κ1) is 18.1. The number of rotatable bonds is 6. The second-order valence-electron chi connectivity index (χ2n) is 5.27. The van der Waals surface area contributed by atoms with Crippen LogP contribution >= 0.6 is 11.6 Å². The molecular formula is C17H14ClN3O4S. The molecule has 1 aromatic heterocycles. The van der Waals surface area contributed by atoms with E-state index in [1.54, 1.807) is 18.2 Å². The summed E-state index contributed by atoms with van der Waals surface area (Å²) in [6, 6.07) is 10.8. The standard InChI is InChI=1S/C17H14ClN3O4S/c18-11-6-14(17-20-9-12(10-22)25-17)15(8-19)16(7-11)21-26(23,24)13-4-2-1-3-5-13/h1-9,19,21-22H,10H2. The van der Waals surface area contributed by atoms with E-state index in [1.807, 2.05) is 0 Å². The monoisotopic (exact) mass is 391 g/mol. The van der Waals surface area contributed by atoms with Crippen molar-refractivity contribution in [3.63, 3.8) is 0 Å². The highest BCUT2D eigenvalue weighted by Gasteiger charge is 2.20. The molecule has 3 aromatic rings. The lowest BCUT2D eigenvalue weighted by Gasteiger charge is -2.13. The molecule has 0 fully saturated rings. The van der Waals surface area contributed by atoms with E-state index in [9.17, 15) is 8.42 Å². The average molecular weight is 392 g/mol. The van der Waals surface area contributed by atoms with Crippen molar-refractivity contribution in [1.82, 2.24) is 4.98 Å². The molecule has 3 N–H and O–H groups in total. The maximum absolute atomic E-state index is 12.6. The Morgan fingerprint density at radius 1 is 1.27 bits per heavy atom. The van der Waals surface area contributed by atoms with Crippen LogP contribution in [0.2, 0.25) is 5.02 Å². The number of hydrogen-bond acceptors (Lipinski definition) is 6. The summed E-state index contributed by atoms with van der Waals surface area (Å²) in [7, 11) is -3.86. The Kier molecular flexibility index (Phi) is 5.08. The molecule has 0 amide bonds. The minimum atomic E-state index is -3.86. The van der Waals surface area contributed by atoms with Crippen LogP contribution in [0.3, 0.4) is 0 Å². The van der Waals surface area contributed by atoms with Gasteiger partial charge in [0.1, 0.15) is 12.4 Å². The molecule has 0 aliphatic rings. The summed E-state index contributed by atoms with van der Waals surface area (Å²) in [5.74, 6) is 0.359. The summed E-state index contributed by atoms with van der Waals surface area (Å²) in [4.78, 5) is 4.12. The zero-order chi connectivity index (χ0) is 18.7. The van der Waals surface area contributed by atoms with Crippen molar-refractivity contribution in [3.8, 4) is 11.5 Å². The smallest absolute Gasteiger partial charge is 0.261 e. The van der Waals surface area contributed by atoms with Crippen LogP contribution in [0.4, 0.5) is 5.69 Å². The van der Waals surface area contributed by atoms with E-state index in [2.05, 4.69) is 9.71 Å². The van der Waals surface area contributed by atoms with E-state index in [-0.39, 0.29) is 39.4 Å². The molecule has 0 saturated heterocycles. The zero-order valence-electron chi connectivity index (χ0n) is 13.3. The molecule has 2 aromatic carbocycles. The van der Waals surface area contributed by atoms with Gasteiger partial charge in [0.15, 0.2) is 0 Å². The quantitative estimate of drug-likeness (QED) is 0.557. The van der Waals surface area contributed by atoms with Crippen LogP contribution in [0.5, 0.6) is 0 Å². The molecule has 134 valence electrons. The average Bonchev–Trinajstić information content (AvgIpc) is 3.11. The highest BCUT2D eigenvalue weighted by Crippen LogP contribution is 2.33. The fourth-order valence-corrected chi connectivity index (χ4v) is 3.65. The summed E-state index contributed by atoms with van der Waals surface area (Å²) in [6.45, 7) is -0.332. The van der Waals surface area contributed by atoms with Crippen molar-refractivity contribution < 1.29 is 17.9 Å². The van der Waals surface area contributed by atoms with Gasteiger partial charge in [0.2, 0.25) is 5.89 Å². The molecule has 0 atom stereocenters. The minimum Gasteiger partial charge on any atom is -0.439 e. The summed E-state index contributed by atoms with van der Waals surface area (Å²) in [5, 5.41) is 17.0. The predicted octanol–water partition coefficient (Wildman–Crippen LogP) is 3.29. The first-order valence-corrected chi connectivity index (χ1v) is 9.28. The second-order valence-corrected chi connectivity index (χ2v) is 7.39. The van der Waals surface area contributed by atoms with Gasteiger partial charge in [-0.3, -0.25) is 4.72 Å². The number of oxazole rings is 1. The topological polar surface area (TPSA) is 116 Å². The van der Waals surface area contributed by atoms with Crippen LogP contribution < -0.4 is 4.72 Å². The van der Waals surface area contributed by atoms with Gasteiger partial charge in [-0.15, -0.1) is 0 Å². The highest BCUT2D eigenvalue weighted by atomic mass is 35.5. The number of halogens is 1. The van der Waals surface area contributed by atoms with E-state index in [0.29, 0.717) is 5.56 Å². The van der Waals surface area contributed by atoms with Crippen molar-refractivity contribution in [1.29, 1.82) is 5.41 Å². The molecule has 7 nitrogen and oxygen atoms in total. The Balaban J connectivity index is 2.09. The van der Waals surface area contributed by atoms with Gasteiger partial charge < -0.3 is 14.9 Å². The Morgan fingerprint density at radius 2 is 2.00 bits per heavy atom. The van der Waals surface area contributed by atoms with E-state index in [1.165, 1.54) is 30.5 Å². The molecule has 0 aliphatic heterocycles. The summed E-state index contributed by atoms with van der Waals surface area (Å²) >= 11 is 6.12. The molecular weight excluding hydrogens is 378 g/mol. The molecule has 0 spiro atoms. The number of aromatic nitrogens is 1. The number of hydrogen-bond donors (Lipinski definition) is 3. The SMILES string of the molecule is N=Cc1c(NS(=O)(=O)c2ccccc2)cc(Cl)cc1-c1ncc(CO)o1. The Morgan fingerprint density at radius 3 is 2.62 bits per heavy atom. The molecule has 0 aliphatic carbocycles. The van der Waals surface area contributed by atoms with Crippen molar-refractivity contribution in [3.05, 3.63) is 65.0 Å². The third-order valence-corrected chi connectivity index (χ3v) is 5.13. The first-order chi connectivity index (χ1) is 12.4. The van der Waals surface area contributed by atoms with Crippen LogP contribution in [0.15, 0.2) is 58.0 Å². The minimum absolute atomic E-state index is 0.0798. The van der Waals surface area contributed by atoms with E-state index in [0.717, 1.165) is 6.21 Å². The van der Waals surface area contributed by atoms with Gasteiger partial charge in [-0.1, -0.05) is 29.8 Å². The van der Waals surface area contributed by atoms with Crippen LogP contribution in [0.1, 0.15) is 11.3 Å². The third-order valence-electron chi connectivity index (χ3n) is 3.53. The van der Waals surface area contributed by atoms with Crippen molar-refractivity contribution in [2.75, 3.05) is 4.72 Å². The third kappa shape index (κ3) is 3.62. The molecule has 3 rings (SSSR count). The molecule has 0 saturated carbocycles. The predicted molar refractivity (Wildman–Crippen MR) is 98.0 cm³/mol. The number of nitrogens with zero attached hydrogens (tertiary/aromatic N) is 1. The first-order valence-electron chi connectivity index (χ1n) is 7.42. The molecule has 0 bridgehead atoms. The van der Waals surface area contributed by atoms with Gasteiger partial charge in [-0.2, -0.15) is 0 Å². The highest BCUT2D eigenvalue weighted by molar-refractivity contribution is 7.92. The molecule has 9 heteroatoms. The lowest BCUT2D eigenvalue weighted by Crippen LogP contribution is -2.14. The Labute approximate surface area is 154 Å². The lowest BCUT2D eigenvalue weighted by molar-refractivity contribution is 0.248. The fourth-order valence-electron chi connectivity index (χ4n) is 2.34. The Bertz CT molecular complexity index is 1050. The van der Waals surface area contributed by atoms with Crippen LogP contribution in [0.25, 0.3) is 11.5 Å². The summed E-state index contributed by atoms with van der Waals surface area (Å²) < 4.78 is 33.0. The van der Waals surface area contributed by atoms with Crippen LogP contribution in [-0.4, -0.2) is 24.7 Å². The molecule has 26 heavy (non-hydrogen) atoms. The number of nitrogens with one attached hydrogen (secondary N) is 2. The summed E-state index contributed by atoms with van der Waals surface area (Å²) in [6.07, 6.45) is 2.33. The fraction of sp³-hybridized carbons (Fsp3) is 0.0588. The van der Waals surface area contributed by atoms with Crippen molar-refractivity contribution in [2.24, 2.45) is 0 Å². The maximum Gasteiger partial charge on any atom is 0.261 e. The van der Waals surface area contributed by atoms with Gasteiger partial charge in [0.05, 0.1) is 16.8 Å². The number of anilines is 1. The molecule has 0 radical (unpaired) electrons. The molecule has 0 unspecified atom stereocenters. The van der Waals surface area contributed by atoms with Crippen molar-refractivity contribution in [2.45, 2.75) is 11.5 Å². The maximum atomic E-state index is 12.6. The zero-order valence-corrected chi connectivity index (χ0v) is 14.9. The van der Waals surface area contributed by atoms with Gasteiger partial charge in [-0.25, -0.2) is 13.4 Å². The number of aliphatic hydroxyl groups excluding tert-OH is 1. The number of aliphatic hydroxyl groups is 1. The van der Waals surface area contributed by atoms with E-state index >= 15 is 0 Å². The largest absolute Gasteiger partial charge is 0.439 e. The summed E-state index contributed by atoms with van der Waals surface area (Å²) in [5.41, 5.74) is 0.688. The Hall–Kier alpha value is -2.68. The van der Waals surface area contributed by atoms with E-state index in [4.69, 9.17) is 26.5 Å². The van der Waals surface area contributed by atoms with Gasteiger partial charge in [0.25, 0.3) is 10.0 Å². The van der Waals surface area contributed by atoms with Crippen LogP contribution in [0, 0.1) is 5.41 Å². The van der Waals surface area contributed by atoms with Gasteiger partial charge in [0, 0.05) is 22.4 Å². The second kappa shape index (κ2) is 7.28. The normalized spacial score (nSPS) is 11.3. The number of benzene rings is 2. The van der Waals surface area contributed by atoms with Crippen LogP contribution in [-0.2, 0) is 16.6 Å². The van der Waals surface area contributed by atoms with Gasteiger partial charge >= 0.3 is 0 Å².